The Morgan fingerprint density at radius 3 is 2.67 bits per heavy atom. The molecule has 0 aliphatic carbocycles. The Morgan fingerprint density at radius 1 is 1.20 bits per heavy atom. The molecule has 0 spiro atoms. The van der Waals surface area contributed by atoms with Gasteiger partial charge in [-0.05, 0) is 24.6 Å². The van der Waals surface area contributed by atoms with Crippen LogP contribution < -0.4 is 0 Å². The minimum absolute atomic E-state index is 0.0695. The minimum atomic E-state index is 0.0695. The molecule has 0 unspecified atom stereocenters. The van der Waals surface area contributed by atoms with Crippen LogP contribution in [0.25, 0.3) is 0 Å². The lowest BCUT2D eigenvalue weighted by atomic mass is 10.2. The quantitative estimate of drug-likeness (QED) is 0.862. The molecule has 2 rings (SSSR count). The van der Waals surface area contributed by atoms with E-state index in [0.717, 1.165) is 21.1 Å². The average Bonchev–Trinajstić information content (AvgIpc) is 2.65. The number of aryl methyl sites for hydroxylation is 1. The van der Waals surface area contributed by atoms with Crippen molar-refractivity contribution in [3.05, 3.63) is 47.9 Å². The van der Waals surface area contributed by atoms with Crippen molar-refractivity contribution in [2.45, 2.75) is 23.3 Å². The summed E-state index contributed by atoms with van der Waals surface area (Å²) in [6, 6.07) is 9.77. The molecule has 2 aromatic rings. The van der Waals surface area contributed by atoms with E-state index in [1.54, 1.807) is 18.0 Å². The number of aliphatic hydroxyl groups is 1. The van der Waals surface area contributed by atoms with E-state index in [4.69, 9.17) is 4.42 Å². The predicted molar refractivity (Wildman–Crippen MR) is 59.9 cm³/mol. The van der Waals surface area contributed by atoms with E-state index < -0.39 is 0 Å². The Bertz CT molecular complexity index is 448. The summed E-state index contributed by atoms with van der Waals surface area (Å²) in [5, 5.41) is 9.18. The van der Waals surface area contributed by atoms with Crippen molar-refractivity contribution in [2.75, 3.05) is 0 Å². The van der Waals surface area contributed by atoms with Gasteiger partial charge in [0.05, 0.1) is 17.8 Å². The van der Waals surface area contributed by atoms with Gasteiger partial charge in [-0.3, -0.25) is 0 Å². The lowest BCUT2D eigenvalue weighted by molar-refractivity contribution is 0.279. The molecule has 1 aromatic heterocycles. The summed E-state index contributed by atoms with van der Waals surface area (Å²) in [6.45, 7) is 2.00. The first-order chi connectivity index (χ1) is 7.31. The maximum absolute atomic E-state index is 9.18. The Balaban J connectivity index is 2.28. The molecule has 0 saturated heterocycles. The molecule has 78 valence electrons. The van der Waals surface area contributed by atoms with Gasteiger partial charge in [0, 0.05) is 4.90 Å². The second-order valence-corrected chi connectivity index (χ2v) is 4.29. The second-order valence-electron chi connectivity index (χ2n) is 3.21. The standard InChI is InChI=1S/C12H12O2S/c1-9-11(6-7-14-9)15-12-5-3-2-4-10(12)8-13/h2-7,13H,8H2,1H3. The molecule has 3 heteroatoms. The monoisotopic (exact) mass is 220 g/mol. The molecule has 0 fully saturated rings. The van der Waals surface area contributed by atoms with E-state index in [9.17, 15) is 5.11 Å². The first kappa shape index (κ1) is 10.3. The maximum atomic E-state index is 9.18. The van der Waals surface area contributed by atoms with Gasteiger partial charge in [0.15, 0.2) is 0 Å². The van der Waals surface area contributed by atoms with Crippen molar-refractivity contribution in [3.63, 3.8) is 0 Å². The summed E-state index contributed by atoms with van der Waals surface area (Å²) in [7, 11) is 0. The molecule has 0 radical (unpaired) electrons. The normalized spacial score (nSPS) is 10.5. The summed E-state index contributed by atoms with van der Waals surface area (Å²) < 4.78 is 5.23. The van der Waals surface area contributed by atoms with Crippen molar-refractivity contribution in [2.24, 2.45) is 0 Å². The zero-order chi connectivity index (χ0) is 10.7. The van der Waals surface area contributed by atoms with Crippen molar-refractivity contribution in [3.8, 4) is 0 Å². The van der Waals surface area contributed by atoms with Crippen LogP contribution in [0.3, 0.4) is 0 Å². The Kier molecular flexibility index (Phi) is 3.14. The largest absolute Gasteiger partial charge is 0.468 e. The molecular weight excluding hydrogens is 208 g/mol. The average molecular weight is 220 g/mol. The summed E-state index contributed by atoms with van der Waals surface area (Å²) in [5.74, 6) is 0.910. The van der Waals surface area contributed by atoms with Gasteiger partial charge in [0.1, 0.15) is 5.76 Å². The summed E-state index contributed by atoms with van der Waals surface area (Å²) in [4.78, 5) is 2.17. The first-order valence-corrected chi connectivity index (χ1v) is 5.53. The van der Waals surface area contributed by atoms with Crippen LogP contribution in [0.15, 0.2) is 50.8 Å². The Hall–Kier alpha value is -1.19. The lowest BCUT2D eigenvalue weighted by Gasteiger charge is -2.05. The van der Waals surface area contributed by atoms with E-state index in [2.05, 4.69) is 0 Å². The maximum Gasteiger partial charge on any atom is 0.114 e. The van der Waals surface area contributed by atoms with Gasteiger partial charge in [-0.15, -0.1) is 0 Å². The molecule has 1 heterocycles. The zero-order valence-electron chi connectivity index (χ0n) is 8.43. The molecule has 1 N–H and O–H groups in total. The molecule has 0 saturated carbocycles. The van der Waals surface area contributed by atoms with E-state index in [0.29, 0.717) is 0 Å². The minimum Gasteiger partial charge on any atom is -0.468 e. The second kappa shape index (κ2) is 4.55. The van der Waals surface area contributed by atoms with Crippen molar-refractivity contribution in [1.82, 2.24) is 0 Å². The highest BCUT2D eigenvalue weighted by Crippen LogP contribution is 2.32. The Morgan fingerprint density at radius 2 is 2.00 bits per heavy atom. The van der Waals surface area contributed by atoms with Gasteiger partial charge in [0.2, 0.25) is 0 Å². The lowest BCUT2D eigenvalue weighted by Crippen LogP contribution is -1.86. The van der Waals surface area contributed by atoms with Gasteiger partial charge >= 0.3 is 0 Å². The van der Waals surface area contributed by atoms with Gasteiger partial charge in [-0.1, -0.05) is 30.0 Å². The van der Waals surface area contributed by atoms with Crippen LogP contribution in [0, 0.1) is 6.92 Å². The number of hydrogen-bond donors (Lipinski definition) is 1. The van der Waals surface area contributed by atoms with Crippen LogP contribution >= 0.6 is 11.8 Å². The molecule has 0 amide bonds. The Labute approximate surface area is 92.9 Å². The van der Waals surface area contributed by atoms with E-state index >= 15 is 0 Å². The van der Waals surface area contributed by atoms with Crippen molar-refractivity contribution in [1.29, 1.82) is 0 Å². The number of rotatable bonds is 3. The van der Waals surface area contributed by atoms with Crippen LogP contribution in [0.5, 0.6) is 0 Å². The van der Waals surface area contributed by atoms with E-state index in [-0.39, 0.29) is 6.61 Å². The fraction of sp³-hybridized carbons (Fsp3) is 0.167. The van der Waals surface area contributed by atoms with Gasteiger partial charge in [-0.25, -0.2) is 0 Å². The smallest absolute Gasteiger partial charge is 0.114 e. The number of benzene rings is 1. The van der Waals surface area contributed by atoms with Crippen molar-refractivity contribution < 1.29 is 9.52 Å². The molecule has 0 atom stereocenters. The van der Waals surface area contributed by atoms with E-state index in [1.165, 1.54) is 0 Å². The summed E-state index contributed by atoms with van der Waals surface area (Å²) in [5.41, 5.74) is 0.947. The van der Waals surface area contributed by atoms with Crippen LogP contribution in [-0.2, 0) is 6.61 Å². The third-order valence-corrected chi connectivity index (χ3v) is 3.44. The number of furan rings is 1. The third-order valence-electron chi connectivity index (χ3n) is 2.17. The van der Waals surface area contributed by atoms with Crippen LogP contribution in [0.2, 0.25) is 0 Å². The molecular formula is C12H12O2S. The fourth-order valence-electron chi connectivity index (χ4n) is 1.33. The molecule has 0 aliphatic rings. The van der Waals surface area contributed by atoms with Crippen LogP contribution in [0.4, 0.5) is 0 Å². The van der Waals surface area contributed by atoms with Gasteiger partial charge in [-0.2, -0.15) is 0 Å². The molecule has 15 heavy (non-hydrogen) atoms. The SMILES string of the molecule is Cc1occc1Sc1ccccc1CO. The predicted octanol–water partition coefficient (Wildman–Crippen LogP) is 3.23. The van der Waals surface area contributed by atoms with Crippen molar-refractivity contribution >= 4 is 11.8 Å². The third kappa shape index (κ3) is 2.25. The molecule has 0 aliphatic heterocycles. The van der Waals surface area contributed by atoms with Crippen LogP contribution in [-0.4, -0.2) is 5.11 Å². The van der Waals surface area contributed by atoms with Gasteiger partial charge < -0.3 is 9.52 Å². The highest BCUT2D eigenvalue weighted by Gasteiger charge is 2.06. The van der Waals surface area contributed by atoms with Crippen LogP contribution in [0.1, 0.15) is 11.3 Å². The fourth-order valence-corrected chi connectivity index (χ4v) is 2.29. The number of hydrogen-bond acceptors (Lipinski definition) is 3. The van der Waals surface area contributed by atoms with Gasteiger partial charge in [0.25, 0.3) is 0 Å². The first-order valence-electron chi connectivity index (χ1n) is 4.72. The highest BCUT2D eigenvalue weighted by molar-refractivity contribution is 7.99. The highest BCUT2D eigenvalue weighted by atomic mass is 32.2. The molecule has 2 nitrogen and oxygen atoms in total. The van der Waals surface area contributed by atoms with E-state index in [1.807, 2.05) is 37.3 Å². The summed E-state index contributed by atoms with van der Waals surface area (Å²) in [6.07, 6.45) is 1.68. The zero-order valence-corrected chi connectivity index (χ0v) is 9.25. The molecule has 1 aromatic carbocycles. The summed E-state index contributed by atoms with van der Waals surface area (Å²) >= 11 is 1.62. The topological polar surface area (TPSA) is 33.4 Å². The molecule has 0 bridgehead atoms. The number of aliphatic hydroxyl groups excluding tert-OH is 1.